The summed E-state index contributed by atoms with van der Waals surface area (Å²) in [6, 6.07) is 10.5. The average Bonchev–Trinajstić information content (AvgIpc) is 3.07. The molecule has 2 aliphatic heterocycles. The molecule has 0 unspecified atom stereocenters. The Morgan fingerprint density at radius 2 is 1.80 bits per heavy atom. The zero-order chi connectivity index (χ0) is 20.9. The number of rotatable bonds is 6. The van der Waals surface area contributed by atoms with Crippen LogP contribution in [-0.2, 0) is 35.8 Å². The first-order chi connectivity index (χ1) is 14.6. The monoisotopic (exact) mass is 413 g/mol. The minimum absolute atomic E-state index is 0.169. The molecule has 30 heavy (non-hydrogen) atoms. The maximum atomic E-state index is 11.5. The maximum absolute atomic E-state index is 11.5. The number of piperazine rings is 1. The van der Waals surface area contributed by atoms with Crippen molar-refractivity contribution in [3.63, 3.8) is 0 Å². The van der Waals surface area contributed by atoms with Gasteiger partial charge < -0.3 is 18.8 Å². The molecule has 2 aliphatic rings. The van der Waals surface area contributed by atoms with Crippen molar-refractivity contribution in [2.75, 3.05) is 46.4 Å². The van der Waals surface area contributed by atoms with Crippen LogP contribution in [0.3, 0.4) is 0 Å². The van der Waals surface area contributed by atoms with Crippen LogP contribution in [0.25, 0.3) is 0 Å². The molecule has 3 heterocycles. The van der Waals surface area contributed by atoms with Crippen LogP contribution in [0.5, 0.6) is 5.75 Å². The molecule has 4 rings (SSSR count). The SMILES string of the molecule is COCc1ccc(CN2CCOc3ccc(CN4CCN(C(C)=O)CC4)cc3C2)o1. The van der Waals surface area contributed by atoms with Gasteiger partial charge in [-0.15, -0.1) is 0 Å². The molecule has 7 heteroatoms. The predicted molar refractivity (Wildman–Crippen MR) is 113 cm³/mol. The van der Waals surface area contributed by atoms with E-state index in [1.54, 1.807) is 14.0 Å². The van der Waals surface area contributed by atoms with E-state index in [0.717, 1.165) is 69.6 Å². The Kier molecular flexibility index (Phi) is 6.72. The third kappa shape index (κ3) is 5.22. The molecule has 1 saturated heterocycles. The van der Waals surface area contributed by atoms with Gasteiger partial charge in [0.15, 0.2) is 0 Å². The second-order valence-corrected chi connectivity index (χ2v) is 8.08. The first-order valence-corrected chi connectivity index (χ1v) is 10.6. The largest absolute Gasteiger partial charge is 0.492 e. The summed E-state index contributed by atoms with van der Waals surface area (Å²) >= 11 is 0. The van der Waals surface area contributed by atoms with E-state index in [0.29, 0.717) is 13.2 Å². The molecule has 162 valence electrons. The molecule has 0 atom stereocenters. The van der Waals surface area contributed by atoms with Crippen molar-refractivity contribution in [1.29, 1.82) is 0 Å². The quantitative estimate of drug-likeness (QED) is 0.725. The molecule has 1 aromatic carbocycles. The lowest BCUT2D eigenvalue weighted by Crippen LogP contribution is -2.47. The maximum Gasteiger partial charge on any atom is 0.219 e. The van der Waals surface area contributed by atoms with Gasteiger partial charge in [0.05, 0.1) is 6.54 Å². The Hall–Kier alpha value is -2.35. The van der Waals surface area contributed by atoms with Crippen LogP contribution in [0.4, 0.5) is 0 Å². The number of carbonyl (C=O) groups excluding carboxylic acids is 1. The molecule has 0 aliphatic carbocycles. The van der Waals surface area contributed by atoms with Gasteiger partial charge in [0.2, 0.25) is 5.91 Å². The second-order valence-electron chi connectivity index (χ2n) is 8.08. The van der Waals surface area contributed by atoms with Gasteiger partial charge in [-0.3, -0.25) is 14.6 Å². The first-order valence-electron chi connectivity index (χ1n) is 10.6. The highest BCUT2D eigenvalue weighted by Gasteiger charge is 2.20. The Balaban J connectivity index is 1.38. The van der Waals surface area contributed by atoms with E-state index >= 15 is 0 Å². The van der Waals surface area contributed by atoms with Crippen molar-refractivity contribution in [3.8, 4) is 5.75 Å². The highest BCUT2D eigenvalue weighted by Crippen LogP contribution is 2.26. The number of furan rings is 1. The summed E-state index contributed by atoms with van der Waals surface area (Å²) in [6.07, 6.45) is 0. The summed E-state index contributed by atoms with van der Waals surface area (Å²) in [5, 5.41) is 0. The lowest BCUT2D eigenvalue weighted by atomic mass is 10.1. The summed E-state index contributed by atoms with van der Waals surface area (Å²) in [4.78, 5) is 18.2. The van der Waals surface area contributed by atoms with E-state index in [2.05, 4.69) is 28.0 Å². The highest BCUT2D eigenvalue weighted by atomic mass is 16.5. The number of fused-ring (bicyclic) bond motifs is 1. The van der Waals surface area contributed by atoms with Crippen LogP contribution < -0.4 is 4.74 Å². The van der Waals surface area contributed by atoms with E-state index in [4.69, 9.17) is 13.9 Å². The molecular formula is C23H31N3O4. The van der Waals surface area contributed by atoms with Crippen molar-refractivity contribution in [3.05, 3.63) is 53.0 Å². The second kappa shape index (κ2) is 9.64. The average molecular weight is 414 g/mol. The van der Waals surface area contributed by atoms with Crippen molar-refractivity contribution in [1.82, 2.24) is 14.7 Å². The zero-order valence-electron chi connectivity index (χ0n) is 17.9. The third-order valence-electron chi connectivity index (χ3n) is 5.79. The third-order valence-corrected chi connectivity index (χ3v) is 5.79. The van der Waals surface area contributed by atoms with Crippen LogP contribution >= 0.6 is 0 Å². The number of carbonyl (C=O) groups is 1. The van der Waals surface area contributed by atoms with Crippen LogP contribution in [0, 0.1) is 0 Å². The summed E-state index contributed by atoms with van der Waals surface area (Å²) in [7, 11) is 1.67. The van der Waals surface area contributed by atoms with E-state index < -0.39 is 0 Å². The summed E-state index contributed by atoms with van der Waals surface area (Å²) in [6.45, 7) is 9.62. The number of hydrogen-bond donors (Lipinski definition) is 0. The van der Waals surface area contributed by atoms with Gasteiger partial charge in [-0.1, -0.05) is 6.07 Å². The lowest BCUT2D eigenvalue weighted by molar-refractivity contribution is -0.130. The van der Waals surface area contributed by atoms with Gasteiger partial charge in [-0.25, -0.2) is 0 Å². The van der Waals surface area contributed by atoms with Crippen molar-refractivity contribution < 1.29 is 18.7 Å². The fourth-order valence-corrected chi connectivity index (χ4v) is 4.16. The summed E-state index contributed by atoms with van der Waals surface area (Å²) < 4.78 is 17.0. The van der Waals surface area contributed by atoms with Crippen LogP contribution in [0.15, 0.2) is 34.7 Å². The smallest absolute Gasteiger partial charge is 0.219 e. The molecule has 0 spiro atoms. The standard InChI is InChI=1S/C23H31N3O4/c1-18(27)26-9-7-24(8-10-26)14-19-3-6-23-20(13-19)15-25(11-12-29-23)16-21-4-5-22(30-21)17-28-2/h3-6,13H,7-12,14-17H2,1-2H3. The Bertz CT molecular complexity index is 858. The number of nitrogens with zero attached hydrogens (tertiary/aromatic N) is 3. The summed E-state index contributed by atoms with van der Waals surface area (Å²) in [5.41, 5.74) is 2.51. The van der Waals surface area contributed by atoms with Crippen LogP contribution in [-0.4, -0.2) is 67.0 Å². The van der Waals surface area contributed by atoms with Crippen LogP contribution in [0.1, 0.15) is 29.6 Å². The Labute approximate surface area is 178 Å². The molecule has 2 aromatic rings. The Morgan fingerprint density at radius 3 is 2.57 bits per heavy atom. The van der Waals surface area contributed by atoms with Gasteiger partial charge in [-0.05, 0) is 29.8 Å². The molecular weight excluding hydrogens is 382 g/mol. The molecule has 1 amide bonds. The molecule has 0 N–H and O–H groups in total. The van der Waals surface area contributed by atoms with Gasteiger partial charge >= 0.3 is 0 Å². The highest BCUT2D eigenvalue weighted by molar-refractivity contribution is 5.73. The van der Waals surface area contributed by atoms with Crippen molar-refractivity contribution in [2.45, 2.75) is 33.2 Å². The number of methoxy groups -OCH3 is 1. The molecule has 0 radical (unpaired) electrons. The Morgan fingerprint density at radius 1 is 1.00 bits per heavy atom. The molecule has 7 nitrogen and oxygen atoms in total. The number of hydrogen-bond acceptors (Lipinski definition) is 6. The van der Waals surface area contributed by atoms with Gasteiger partial charge in [-0.2, -0.15) is 0 Å². The van der Waals surface area contributed by atoms with Gasteiger partial charge in [0.25, 0.3) is 0 Å². The molecule has 0 bridgehead atoms. The number of ether oxygens (including phenoxy) is 2. The number of benzene rings is 1. The molecule has 0 saturated carbocycles. The number of amides is 1. The van der Waals surface area contributed by atoms with E-state index in [-0.39, 0.29) is 5.91 Å². The van der Waals surface area contributed by atoms with E-state index in [1.807, 2.05) is 17.0 Å². The fraction of sp³-hybridized carbons (Fsp3) is 0.522. The van der Waals surface area contributed by atoms with E-state index in [1.165, 1.54) is 11.1 Å². The van der Waals surface area contributed by atoms with Gasteiger partial charge in [0.1, 0.15) is 30.5 Å². The predicted octanol–water partition coefficient (Wildman–Crippen LogP) is 2.48. The molecule has 1 fully saturated rings. The molecule has 1 aromatic heterocycles. The zero-order valence-corrected chi connectivity index (χ0v) is 17.9. The van der Waals surface area contributed by atoms with Gasteiger partial charge in [0, 0.05) is 65.4 Å². The lowest BCUT2D eigenvalue weighted by Gasteiger charge is -2.34. The summed E-state index contributed by atoms with van der Waals surface area (Å²) in [5.74, 6) is 2.95. The van der Waals surface area contributed by atoms with Crippen molar-refractivity contribution >= 4 is 5.91 Å². The van der Waals surface area contributed by atoms with Crippen molar-refractivity contribution in [2.24, 2.45) is 0 Å². The van der Waals surface area contributed by atoms with E-state index in [9.17, 15) is 4.79 Å². The minimum atomic E-state index is 0.169. The topological polar surface area (TPSA) is 58.4 Å². The normalized spacial score (nSPS) is 18.0. The fourth-order valence-electron chi connectivity index (χ4n) is 4.16. The van der Waals surface area contributed by atoms with Crippen LogP contribution in [0.2, 0.25) is 0 Å². The first kappa shape index (κ1) is 20.9. The minimum Gasteiger partial charge on any atom is -0.492 e.